The van der Waals surface area contributed by atoms with E-state index in [1.54, 1.807) is 0 Å². The summed E-state index contributed by atoms with van der Waals surface area (Å²) in [5.41, 5.74) is 12.7. The van der Waals surface area contributed by atoms with Crippen LogP contribution in [-0.2, 0) is 13.1 Å². The van der Waals surface area contributed by atoms with Gasteiger partial charge >= 0.3 is 0 Å². The van der Waals surface area contributed by atoms with Crippen LogP contribution in [0.4, 0.5) is 0 Å². The van der Waals surface area contributed by atoms with E-state index in [9.17, 15) is 4.79 Å². The van der Waals surface area contributed by atoms with E-state index in [2.05, 4.69) is 49.0 Å². The van der Waals surface area contributed by atoms with Crippen LogP contribution in [0.3, 0.4) is 0 Å². The van der Waals surface area contributed by atoms with Crippen molar-refractivity contribution in [3.05, 3.63) is 99.7 Å². The van der Waals surface area contributed by atoms with Gasteiger partial charge in [-0.3, -0.25) is 9.69 Å². The summed E-state index contributed by atoms with van der Waals surface area (Å²) in [7, 11) is 0. The van der Waals surface area contributed by atoms with Crippen molar-refractivity contribution >= 4 is 55.4 Å². The molecule has 5 aromatic rings. The SMILES string of the molecule is NCc1ccc(CNC(=O)c2cc(-c3c[nH]c4ccc(Br)cc34)nc3ccc(C#CCN4CCSCC4)cc23)cc1. The van der Waals surface area contributed by atoms with Gasteiger partial charge in [-0.2, -0.15) is 11.8 Å². The van der Waals surface area contributed by atoms with Gasteiger partial charge in [-0.05, 0) is 53.6 Å². The molecule has 8 heteroatoms. The first-order valence-electron chi connectivity index (χ1n) is 13.6. The fraction of sp³-hybridized carbons (Fsp3) is 0.212. The predicted octanol–water partition coefficient (Wildman–Crippen LogP) is 5.93. The third kappa shape index (κ3) is 6.34. The van der Waals surface area contributed by atoms with Gasteiger partial charge in [0.05, 0.1) is 23.3 Å². The van der Waals surface area contributed by atoms with Gasteiger partial charge in [-0.25, -0.2) is 4.98 Å². The summed E-state index contributed by atoms with van der Waals surface area (Å²) in [5, 5.41) is 4.93. The fourth-order valence-corrected chi connectivity index (χ4v) is 6.36. The van der Waals surface area contributed by atoms with Crippen LogP contribution in [0, 0.1) is 11.8 Å². The summed E-state index contributed by atoms with van der Waals surface area (Å²) in [6.45, 7) is 3.81. The number of nitrogens with zero attached hydrogens (tertiary/aromatic N) is 2. The molecule has 41 heavy (non-hydrogen) atoms. The molecule has 0 bridgehead atoms. The first-order valence-corrected chi connectivity index (χ1v) is 15.6. The molecule has 0 atom stereocenters. The van der Waals surface area contributed by atoms with Crippen LogP contribution >= 0.6 is 27.7 Å². The number of halogens is 1. The smallest absolute Gasteiger partial charge is 0.252 e. The molecule has 0 aliphatic carbocycles. The van der Waals surface area contributed by atoms with Crippen molar-refractivity contribution in [2.75, 3.05) is 31.1 Å². The number of aromatic amines is 1. The lowest BCUT2D eigenvalue weighted by atomic mass is 10.0. The molecule has 1 aliphatic rings. The fourth-order valence-electron chi connectivity index (χ4n) is 5.02. The van der Waals surface area contributed by atoms with Crippen LogP contribution in [0.1, 0.15) is 27.0 Å². The van der Waals surface area contributed by atoms with E-state index >= 15 is 0 Å². The number of nitrogens with one attached hydrogen (secondary N) is 2. The number of pyridine rings is 1. The monoisotopic (exact) mass is 623 g/mol. The Morgan fingerprint density at radius 1 is 1.02 bits per heavy atom. The summed E-state index contributed by atoms with van der Waals surface area (Å²) in [4.78, 5) is 24.4. The zero-order chi connectivity index (χ0) is 28.2. The largest absolute Gasteiger partial charge is 0.360 e. The molecule has 0 saturated carbocycles. The minimum absolute atomic E-state index is 0.154. The highest BCUT2D eigenvalue weighted by Gasteiger charge is 2.17. The van der Waals surface area contributed by atoms with Gasteiger partial charge < -0.3 is 16.0 Å². The maximum absolute atomic E-state index is 13.7. The van der Waals surface area contributed by atoms with Crippen LogP contribution in [0.2, 0.25) is 0 Å². The van der Waals surface area contributed by atoms with Gasteiger partial charge in [-0.1, -0.05) is 52.0 Å². The molecular formula is C33H30BrN5OS. The lowest BCUT2D eigenvalue weighted by Gasteiger charge is -2.23. The first-order chi connectivity index (χ1) is 20.1. The number of H-pyrrole nitrogens is 1. The summed E-state index contributed by atoms with van der Waals surface area (Å²) in [6, 6.07) is 21.9. The molecule has 0 radical (unpaired) electrons. The highest BCUT2D eigenvalue weighted by atomic mass is 79.9. The summed E-state index contributed by atoms with van der Waals surface area (Å²) in [5.74, 6) is 8.81. The van der Waals surface area contributed by atoms with Gasteiger partial charge in [0.1, 0.15) is 0 Å². The lowest BCUT2D eigenvalue weighted by Crippen LogP contribution is -2.32. The maximum Gasteiger partial charge on any atom is 0.252 e. The van der Waals surface area contributed by atoms with Gasteiger partial charge in [0.25, 0.3) is 5.91 Å². The summed E-state index contributed by atoms with van der Waals surface area (Å²) in [6.07, 6.45) is 1.95. The molecule has 1 saturated heterocycles. The molecule has 3 heterocycles. The Hall–Kier alpha value is -3.61. The quantitative estimate of drug-likeness (QED) is 0.204. The Morgan fingerprint density at radius 2 is 1.83 bits per heavy atom. The number of hydrogen-bond acceptors (Lipinski definition) is 5. The first kappa shape index (κ1) is 27.6. The molecule has 0 spiro atoms. The van der Waals surface area contributed by atoms with E-state index in [1.165, 1.54) is 0 Å². The van der Waals surface area contributed by atoms with Gasteiger partial charge in [0.15, 0.2) is 0 Å². The number of carbonyl (C=O) groups is 1. The van der Waals surface area contributed by atoms with Crippen molar-refractivity contribution in [2.45, 2.75) is 13.1 Å². The lowest BCUT2D eigenvalue weighted by molar-refractivity contribution is 0.0952. The van der Waals surface area contributed by atoms with Crippen LogP contribution in [0.15, 0.2) is 77.4 Å². The molecule has 4 N–H and O–H groups in total. The van der Waals surface area contributed by atoms with Crippen LogP contribution in [-0.4, -0.2) is 51.9 Å². The van der Waals surface area contributed by atoms with E-state index in [-0.39, 0.29) is 5.91 Å². The van der Waals surface area contributed by atoms with Crippen LogP contribution in [0.5, 0.6) is 0 Å². The van der Waals surface area contributed by atoms with Crippen molar-refractivity contribution in [3.8, 4) is 23.1 Å². The van der Waals surface area contributed by atoms with Gasteiger partial charge in [0.2, 0.25) is 0 Å². The third-order valence-electron chi connectivity index (χ3n) is 7.32. The second-order valence-electron chi connectivity index (χ2n) is 10.1. The average molecular weight is 625 g/mol. The minimum atomic E-state index is -0.154. The van der Waals surface area contributed by atoms with E-state index in [4.69, 9.17) is 10.7 Å². The Labute approximate surface area is 252 Å². The number of amides is 1. The zero-order valence-corrected chi connectivity index (χ0v) is 24.9. The van der Waals surface area contributed by atoms with Crippen LogP contribution < -0.4 is 11.1 Å². The Balaban J connectivity index is 1.36. The number of thioether (sulfide) groups is 1. The topological polar surface area (TPSA) is 87.0 Å². The molecule has 0 unspecified atom stereocenters. The predicted molar refractivity (Wildman–Crippen MR) is 173 cm³/mol. The number of hydrogen-bond donors (Lipinski definition) is 3. The molecule has 2 aromatic heterocycles. The van der Waals surface area contributed by atoms with E-state index in [0.717, 1.165) is 85.4 Å². The van der Waals surface area contributed by atoms with Crippen molar-refractivity contribution in [1.29, 1.82) is 0 Å². The number of aromatic nitrogens is 2. The van der Waals surface area contributed by atoms with Gasteiger partial charge in [0, 0.05) is 75.8 Å². The van der Waals surface area contributed by atoms with E-state index in [0.29, 0.717) is 18.7 Å². The summed E-state index contributed by atoms with van der Waals surface area (Å²) >= 11 is 5.58. The summed E-state index contributed by atoms with van der Waals surface area (Å²) < 4.78 is 0.983. The van der Waals surface area contributed by atoms with E-state index < -0.39 is 0 Å². The highest BCUT2D eigenvalue weighted by molar-refractivity contribution is 9.10. The molecule has 1 amide bonds. The molecule has 6 nitrogen and oxygen atoms in total. The molecular weight excluding hydrogens is 594 g/mol. The average Bonchev–Trinajstić information content (AvgIpc) is 3.43. The van der Waals surface area contributed by atoms with Crippen molar-refractivity contribution in [1.82, 2.24) is 20.2 Å². The Kier molecular flexibility index (Phi) is 8.40. The number of benzene rings is 3. The second kappa shape index (κ2) is 12.5. The molecule has 3 aromatic carbocycles. The molecule has 6 rings (SSSR count). The third-order valence-corrected chi connectivity index (χ3v) is 8.76. The molecule has 1 aliphatic heterocycles. The number of carbonyl (C=O) groups excluding carboxylic acids is 1. The zero-order valence-electron chi connectivity index (χ0n) is 22.5. The second-order valence-corrected chi connectivity index (χ2v) is 12.2. The maximum atomic E-state index is 13.7. The highest BCUT2D eigenvalue weighted by Crippen LogP contribution is 2.32. The minimum Gasteiger partial charge on any atom is -0.360 e. The Bertz CT molecular complexity index is 1780. The van der Waals surface area contributed by atoms with Crippen molar-refractivity contribution in [3.63, 3.8) is 0 Å². The number of fused-ring (bicyclic) bond motifs is 2. The number of rotatable bonds is 6. The molecule has 1 fully saturated rings. The van der Waals surface area contributed by atoms with Gasteiger partial charge in [-0.15, -0.1) is 0 Å². The van der Waals surface area contributed by atoms with Crippen LogP contribution in [0.25, 0.3) is 33.1 Å². The van der Waals surface area contributed by atoms with Crippen molar-refractivity contribution < 1.29 is 4.79 Å². The normalized spacial score (nSPS) is 13.7. The van der Waals surface area contributed by atoms with E-state index in [1.807, 2.05) is 78.6 Å². The molecule has 206 valence electrons. The van der Waals surface area contributed by atoms with Crippen molar-refractivity contribution in [2.24, 2.45) is 5.73 Å². The number of nitrogens with two attached hydrogens (primary N) is 1. The Morgan fingerprint density at radius 3 is 2.63 bits per heavy atom. The standard InChI is InChI=1S/C33H30BrN5OS/c34-25-8-10-30-27(17-25)29(21-36-30)32-18-28(33(40)37-20-24-5-3-23(19-35)4-6-24)26-16-22(7-9-31(26)38-32)2-1-11-39-12-14-41-15-13-39/h3-10,16-18,21,36H,11-15,19-20,35H2,(H,37,40).